The van der Waals surface area contributed by atoms with Crippen LogP contribution in [-0.4, -0.2) is 60.3 Å². The number of aliphatic imine (C=N–C) groups is 1. The minimum atomic E-state index is -1.05. The zero-order valence-electron chi connectivity index (χ0n) is 23.8. The molecule has 1 atom stereocenters. The first-order valence-corrected chi connectivity index (χ1v) is 15.9. The molecule has 8 heteroatoms. The van der Waals surface area contributed by atoms with Crippen molar-refractivity contribution >= 4 is 29.2 Å². The maximum Gasteiger partial charge on any atom is 0.317 e. The van der Waals surface area contributed by atoms with E-state index in [0.29, 0.717) is 11.8 Å². The second-order valence-corrected chi connectivity index (χ2v) is 12.8. The van der Waals surface area contributed by atoms with Crippen molar-refractivity contribution in [3.05, 3.63) is 29.8 Å². The molecule has 2 bridgehead atoms. The maximum absolute atomic E-state index is 14.2. The Hall–Kier alpha value is -2.90. The van der Waals surface area contributed by atoms with Crippen molar-refractivity contribution < 1.29 is 14.4 Å². The van der Waals surface area contributed by atoms with E-state index < -0.39 is 6.17 Å². The number of amides is 4. The van der Waals surface area contributed by atoms with Crippen LogP contribution in [0.4, 0.5) is 10.5 Å². The van der Waals surface area contributed by atoms with E-state index in [-0.39, 0.29) is 36.3 Å². The Bertz CT molecular complexity index is 1100. The van der Waals surface area contributed by atoms with Gasteiger partial charge in [0.25, 0.3) is 5.91 Å². The van der Waals surface area contributed by atoms with E-state index in [4.69, 9.17) is 4.99 Å². The first-order chi connectivity index (χ1) is 19.5. The zero-order chi connectivity index (χ0) is 27.5. The molecule has 40 heavy (non-hydrogen) atoms. The second-order valence-electron chi connectivity index (χ2n) is 12.8. The van der Waals surface area contributed by atoms with Crippen molar-refractivity contribution in [1.82, 2.24) is 15.5 Å². The molecular weight excluding hydrogens is 502 g/mol. The van der Waals surface area contributed by atoms with Gasteiger partial charge in [-0.3, -0.25) is 19.5 Å². The van der Waals surface area contributed by atoms with Crippen LogP contribution >= 0.6 is 0 Å². The Morgan fingerprint density at radius 3 is 2.10 bits per heavy atom. The first-order valence-electron chi connectivity index (χ1n) is 15.9. The largest absolute Gasteiger partial charge is 0.341 e. The third-order valence-electron chi connectivity index (χ3n) is 10.0. The van der Waals surface area contributed by atoms with Gasteiger partial charge in [-0.15, -0.1) is 0 Å². The Morgan fingerprint density at radius 2 is 1.43 bits per heavy atom. The van der Waals surface area contributed by atoms with Crippen molar-refractivity contribution in [3.63, 3.8) is 0 Å². The van der Waals surface area contributed by atoms with Crippen LogP contribution in [0.15, 0.2) is 29.3 Å². The number of carbonyl (C=O) groups is 3. The van der Waals surface area contributed by atoms with Crippen LogP contribution in [0.1, 0.15) is 95.5 Å². The van der Waals surface area contributed by atoms with E-state index in [0.717, 1.165) is 81.4 Å². The fraction of sp³-hybridized carbons (Fsp3) is 0.688. The molecule has 1 aromatic rings. The molecule has 7 rings (SSSR count). The Balaban J connectivity index is 1.28. The summed E-state index contributed by atoms with van der Waals surface area (Å²) in [6, 6.07) is 7.66. The van der Waals surface area contributed by atoms with Gasteiger partial charge in [-0.1, -0.05) is 56.7 Å². The van der Waals surface area contributed by atoms with Gasteiger partial charge in [-0.25, -0.2) is 4.79 Å². The highest BCUT2D eigenvalue weighted by Gasteiger charge is 2.38. The highest BCUT2D eigenvalue weighted by Crippen LogP contribution is 2.36. The molecule has 3 heterocycles. The van der Waals surface area contributed by atoms with E-state index in [1.807, 2.05) is 29.2 Å². The number of rotatable bonds is 5. The Kier molecular flexibility index (Phi) is 8.40. The van der Waals surface area contributed by atoms with Crippen LogP contribution < -0.4 is 15.5 Å². The molecule has 1 aromatic carbocycles. The Labute approximate surface area is 238 Å². The van der Waals surface area contributed by atoms with Crippen molar-refractivity contribution in [3.8, 4) is 0 Å². The summed E-state index contributed by atoms with van der Waals surface area (Å²) in [7, 11) is 0. The van der Waals surface area contributed by atoms with Crippen LogP contribution in [0.5, 0.6) is 0 Å². The number of nitrogens with one attached hydrogen (secondary N) is 2. The van der Waals surface area contributed by atoms with E-state index in [1.54, 1.807) is 4.90 Å². The fourth-order valence-electron chi connectivity index (χ4n) is 7.75. The van der Waals surface area contributed by atoms with Gasteiger partial charge in [0.15, 0.2) is 0 Å². The van der Waals surface area contributed by atoms with Gasteiger partial charge in [0.1, 0.15) is 6.54 Å². The van der Waals surface area contributed by atoms with Crippen molar-refractivity contribution in [1.29, 1.82) is 0 Å². The summed E-state index contributed by atoms with van der Waals surface area (Å²) < 4.78 is 0. The summed E-state index contributed by atoms with van der Waals surface area (Å²) in [5.41, 5.74) is 2.55. The SMILES string of the molecule is O=C(NC1CCCCC1)N[C@@H]1N=C(C2CCCCC2)c2ccccc2N(CC(=O)N2CC3CCC(CC3)C2)C1=O. The van der Waals surface area contributed by atoms with E-state index >= 15 is 0 Å². The molecule has 216 valence electrons. The lowest BCUT2D eigenvalue weighted by atomic mass is 9.83. The molecule has 4 amide bonds. The number of nitrogens with zero attached hydrogens (tertiary/aromatic N) is 3. The highest BCUT2D eigenvalue weighted by atomic mass is 16.2. The van der Waals surface area contributed by atoms with Crippen molar-refractivity contribution in [2.75, 3.05) is 24.5 Å². The smallest absolute Gasteiger partial charge is 0.317 e. The number of urea groups is 1. The molecule has 6 aliphatic rings. The summed E-state index contributed by atoms with van der Waals surface area (Å²) in [6.07, 6.45) is 14.6. The minimum absolute atomic E-state index is 0.00604. The molecule has 5 fully saturated rings. The average Bonchev–Trinajstić information content (AvgIpc) is 3.37. The molecule has 2 N–H and O–H groups in total. The number of benzene rings is 1. The van der Waals surface area contributed by atoms with Gasteiger partial charge >= 0.3 is 6.03 Å². The Morgan fingerprint density at radius 1 is 0.800 bits per heavy atom. The topological polar surface area (TPSA) is 94.1 Å². The number of hydrogen-bond donors (Lipinski definition) is 2. The molecule has 0 spiro atoms. The summed E-state index contributed by atoms with van der Waals surface area (Å²) in [6.45, 7) is 1.55. The zero-order valence-corrected chi connectivity index (χ0v) is 23.8. The van der Waals surface area contributed by atoms with Crippen LogP contribution in [0.2, 0.25) is 0 Å². The predicted molar refractivity (Wildman–Crippen MR) is 156 cm³/mol. The molecule has 0 unspecified atom stereocenters. The number of anilines is 1. The average molecular weight is 548 g/mol. The summed E-state index contributed by atoms with van der Waals surface area (Å²) in [5.74, 6) is 1.03. The van der Waals surface area contributed by atoms with E-state index in [2.05, 4.69) is 10.6 Å². The monoisotopic (exact) mass is 547 g/mol. The number of para-hydroxylation sites is 1. The lowest BCUT2D eigenvalue weighted by molar-refractivity contribution is -0.132. The quantitative estimate of drug-likeness (QED) is 0.543. The highest BCUT2D eigenvalue weighted by molar-refractivity contribution is 6.15. The van der Waals surface area contributed by atoms with Crippen LogP contribution in [0, 0.1) is 17.8 Å². The van der Waals surface area contributed by atoms with Gasteiger partial charge in [0.05, 0.1) is 11.4 Å². The normalized spacial score (nSPS) is 27.9. The lowest BCUT2D eigenvalue weighted by Gasteiger charge is -2.29. The molecular formula is C32H45N5O3. The van der Waals surface area contributed by atoms with Gasteiger partial charge in [0, 0.05) is 30.6 Å². The van der Waals surface area contributed by atoms with E-state index in [9.17, 15) is 14.4 Å². The minimum Gasteiger partial charge on any atom is -0.341 e. The molecule has 0 radical (unpaired) electrons. The third-order valence-corrected chi connectivity index (χ3v) is 10.0. The lowest BCUT2D eigenvalue weighted by Crippen LogP contribution is -2.54. The molecule has 3 saturated carbocycles. The van der Waals surface area contributed by atoms with Crippen molar-refractivity contribution in [2.45, 2.75) is 102 Å². The number of hydrogen-bond acceptors (Lipinski definition) is 4. The molecule has 8 nitrogen and oxygen atoms in total. The number of fused-ring (bicyclic) bond motifs is 5. The summed E-state index contributed by atoms with van der Waals surface area (Å²) in [5, 5.41) is 6.01. The van der Waals surface area contributed by atoms with Crippen LogP contribution in [-0.2, 0) is 9.59 Å². The number of benzodiazepines with no additional fused rings is 1. The molecule has 3 aliphatic heterocycles. The van der Waals surface area contributed by atoms with Crippen LogP contribution in [0.25, 0.3) is 0 Å². The van der Waals surface area contributed by atoms with Gasteiger partial charge in [-0.05, 0) is 69.3 Å². The van der Waals surface area contributed by atoms with Gasteiger partial charge < -0.3 is 15.5 Å². The number of carbonyl (C=O) groups excluding carboxylic acids is 3. The summed E-state index contributed by atoms with van der Waals surface area (Å²) >= 11 is 0. The molecule has 0 aromatic heterocycles. The maximum atomic E-state index is 14.2. The molecule has 3 aliphatic carbocycles. The predicted octanol–water partition coefficient (Wildman–Crippen LogP) is 5.01. The van der Waals surface area contributed by atoms with Gasteiger partial charge in [-0.2, -0.15) is 0 Å². The molecule has 2 saturated heterocycles. The fourth-order valence-corrected chi connectivity index (χ4v) is 7.75. The third kappa shape index (κ3) is 6.06. The first kappa shape index (κ1) is 27.3. The van der Waals surface area contributed by atoms with Crippen LogP contribution in [0.3, 0.4) is 0 Å². The van der Waals surface area contributed by atoms with Crippen molar-refractivity contribution in [2.24, 2.45) is 22.7 Å². The summed E-state index contributed by atoms with van der Waals surface area (Å²) in [4.78, 5) is 49.7. The second kappa shape index (κ2) is 12.3. The van der Waals surface area contributed by atoms with E-state index in [1.165, 1.54) is 38.5 Å². The standard InChI is InChI=1S/C32H45N5O3/c38-28(36-19-22-15-16-23(20-36)18-17-22)21-37-27-14-8-7-13-26(27)29(24-9-3-1-4-10-24)34-30(31(37)39)35-32(40)33-25-11-5-2-6-12-25/h7-8,13-14,22-25,30H,1-6,9-12,15-21H2,(H2,33,35,40)/t22?,23?,30-/m0/s1. The van der Waals surface area contributed by atoms with Gasteiger partial charge in [0.2, 0.25) is 12.1 Å².